The summed E-state index contributed by atoms with van der Waals surface area (Å²) in [5.41, 5.74) is 12.5. The summed E-state index contributed by atoms with van der Waals surface area (Å²) in [6.07, 6.45) is 0. The fourth-order valence-corrected chi connectivity index (χ4v) is 9.11. The molecule has 0 atom stereocenters. The van der Waals surface area contributed by atoms with Gasteiger partial charge in [-0.3, -0.25) is 0 Å². The summed E-state index contributed by atoms with van der Waals surface area (Å²) in [6, 6.07) is 69.6. The standard InChI is InChI=1S/C66H46N2O/c1-4-16-47(17-5-1)49-30-37-56(38-31-49)67(57-39-34-51(35-40-57)55-36-43-63-62-27-11-13-29-65(62)69-66(63)46-55)59-24-14-22-53(44-59)54-23-15-25-60(45-54)68(58-41-32-50(33-42-58)48-18-6-2-7-19-48)64-28-12-10-26-61(64)52-20-8-3-9-21-52/h1-46H/i3D,8D,9D,10D,12D,20D,21D,26D,28D. The van der Waals surface area contributed by atoms with Crippen molar-refractivity contribution in [3.8, 4) is 55.6 Å². The van der Waals surface area contributed by atoms with Gasteiger partial charge in [-0.05, 0) is 135 Å². The molecule has 0 unspecified atom stereocenters. The van der Waals surface area contributed by atoms with E-state index in [1.54, 1.807) is 4.90 Å². The van der Waals surface area contributed by atoms with Crippen LogP contribution < -0.4 is 9.80 Å². The average molecular weight is 892 g/mol. The van der Waals surface area contributed by atoms with Crippen molar-refractivity contribution >= 4 is 56.1 Å². The molecule has 3 nitrogen and oxygen atoms in total. The Morgan fingerprint density at radius 2 is 0.710 bits per heavy atom. The van der Waals surface area contributed by atoms with Crippen molar-refractivity contribution in [2.75, 3.05) is 9.80 Å². The maximum absolute atomic E-state index is 9.56. The zero-order valence-corrected chi connectivity index (χ0v) is 37.2. The molecular weight excluding hydrogens is 837 g/mol. The Morgan fingerprint density at radius 1 is 0.275 bits per heavy atom. The molecule has 1 aromatic heterocycles. The molecule has 0 fully saturated rings. The highest BCUT2D eigenvalue weighted by Gasteiger charge is 2.20. The zero-order valence-electron chi connectivity index (χ0n) is 46.2. The molecule has 0 aliphatic rings. The van der Waals surface area contributed by atoms with Crippen LogP contribution in [0.1, 0.15) is 12.3 Å². The first kappa shape index (κ1) is 32.5. The maximum atomic E-state index is 9.56. The molecule has 0 bridgehead atoms. The molecule has 12 rings (SSSR count). The predicted octanol–water partition coefficient (Wildman–Crippen LogP) is 18.9. The smallest absolute Gasteiger partial charge is 0.136 e. The Hall–Kier alpha value is -9.18. The van der Waals surface area contributed by atoms with Gasteiger partial charge in [0.1, 0.15) is 11.2 Å². The van der Waals surface area contributed by atoms with Crippen LogP contribution in [-0.4, -0.2) is 0 Å². The Labute approximate surface area is 415 Å². The largest absolute Gasteiger partial charge is 0.456 e. The fourth-order valence-electron chi connectivity index (χ4n) is 9.11. The first-order valence-corrected chi connectivity index (χ1v) is 22.7. The third-order valence-corrected chi connectivity index (χ3v) is 12.5. The molecule has 0 amide bonds. The van der Waals surface area contributed by atoms with Crippen LogP contribution in [0.3, 0.4) is 0 Å². The monoisotopic (exact) mass is 891 g/mol. The van der Waals surface area contributed by atoms with Crippen molar-refractivity contribution in [1.82, 2.24) is 0 Å². The van der Waals surface area contributed by atoms with E-state index in [0.29, 0.717) is 11.4 Å². The number of anilines is 6. The number of furan rings is 1. The van der Waals surface area contributed by atoms with E-state index in [2.05, 4.69) is 102 Å². The molecule has 69 heavy (non-hydrogen) atoms. The number of para-hydroxylation sites is 2. The summed E-state index contributed by atoms with van der Waals surface area (Å²) in [5, 5.41) is 2.15. The van der Waals surface area contributed by atoms with Gasteiger partial charge in [-0.1, -0.05) is 194 Å². The van der Waals surface area contributed by atoms with E-state index < -0.39 is 54.4 Å². The van der Waals surface area contributed by atoms with Gasteiger partial charge in [0.05, 0.1) is 18.0 Å². The molecule has 1 heterocycles. The lowest BCUT2D eigenvalue weighted by Crippen LogP contribution is -2.11. The van der Waals surface area contributed by atoms with E-state index >= 15 is 0 Å². The van der Waals surface area contributed by atoms with Crippen LogP contribution in [0.25, 0.3) is 77.6 Å². The second kappa shape index (κ2) is 18.2. The van der Waals surface area contributed by atoms with Crippen molar-refractivity contribution in [1.29, 1.82) is 0 Å². The molecule has 0 spiro atoms. The molecule has 11 aromatic carbocycles. The van der Waals surface area contributed by atoms with Gasteiger partial charge >= 0.3 is 0 Å². The van der Waals surface area contributed by atoms with Gasteiger partial charge in [-0.15, -0.1) is 0 Å². The first-order valence-electron chi connectivity index (χ1n) is 27.2. The molecule has 0 N–H and O–H groups in total. The van der Waals surface area contributed by atoms with Gasteiger partial charge in [0.15, 0.2) is 0 Å². The van der Waals surface area contributed by atoms with Crippen LogP contribution >= 0.6 is 0 Å². The first-order chi connectivity index (χ1) is 37.9. The number of benzene rings is 11. The second-order valence-electron chi connectivity index (χ2n) is 16.7. The molecule has 0 aliphatic carbocycles. The fraction of sp³-hybridized carbons (Fsp3) is 0. The molecule has 0 saturated carbocycles. The number of nitrogens with zero attached hydrogens (tertiary/aromatic N) is 2. The number of hydrogen-bond acceptors (Lipinski definition) is 3. The Bertz CT molecular complexity index is 4220. The van der Waals surface area contributed by atoms with E-state index in [4.69, 9.17) is 14.0 Å². The van der Waals surface area contributed by atoms with Gasteiger partial charge in [0, 0.05) is 44.8 Å². The number of hydrogen-bond donors (Lipinski definition) is 0. The molecule has 0 saturated heterocycles. The highest BCUT2D eigenvalue weighted by molar-refractivity contribution is 6.06. The minimum atomic E-state index is -0.622. The van der Waals surface area contributed by atoms with Crippen molar-refractivity contribution in [2.45, 2.75) is 0 Å². The van der Waals surface area contributed by atoms with E-state index in [0.717, 1.165) is 83.5 Å². The molecule has 326 valence electrons. The van der Waals surface area contributed by atoms with E-state index in [-0.39, 0.29) is 16.8 Å². The van der Waals surface area contributed by atoms with Gasteiger partial charge in [-0.2, -0.15) is 0 Å². The summed E-state index contributed by atoms with van der Waals surface area (Å²) in [4.78, 5) is 3.89. The number of rotatable bonds is 11. The Balaban J connectivity index is 0.992. The Kier molecular flexibility index (Phi) is 8.59. The SMILES string of the molecule is [2H]c1c([2H])c([2H])c(-c2c([2H])c([2H])c([2H])c([2H])c2N(c2ccc(-c3ccccc3)cc2)c2cccc(-c3cccc(N(c4ccc(-c5ccccc5)cc4)c4ccc(-c5ccc6c(c5)oc5ccccc56)cc4)c3)c2)c([2H])c1[2H]. The highest BCUT2D eigenvalue weighted by atomic mass is 16.3. The quantitative estimate of drug-likeness (QED) is 0.129. The van der Waals surface area contributed by atoms with Crippen LogP contribution in [0.2, 0.25) is 0 Å². The Morgan fingerprint density at radius 3 is 1.32 bits per heavy atom. The van der Waals surface area contributed by atoms with E-state index in [9.17, 15) is 2.74 Å². The summed E-state index contributed by atoms with van der Waals surface area (Å²) in [7, 11) is 0. The summed E-state index contributed by atoms with van der Waals surface area (Å²) >= 11 is 0. The predicted molar refractivity (Wildman–Crippen MR) is 290 cm³/mol. The maximum Gasteiger partial charge on any atom is 0.136 e. The summed E-state index contributed by atoms with van der Waals surface area (Å²) in [6.45, 7) is 0. The van der Waals surface area contributed by atoms with Gasteiger partial charge in [0.25, 0.3) is 0 Å². The molecule has 3 heteroatoms. The van der Waals surface area contributed by atoms with Crippen molar-refractivity contribution in [2.24, 2.45) is 0 Å². The molecule has 0 aliphatic heterocycles. The van der Waals surface area contributed by atoms with Gasteiger partial charge in [-0.25, -0.2) is 0 Å². The third-order valence-electron chi connectivity index (χ3n) is 12.5. The van der Waals surface area contributed by atoms with Crippen LogP contribution in [0, 0.1) is 0 Å². The lowest BCUT2D eigenvalue weighted by molar-refractivity contribution is 0.669. The molecular formula is C66H46N2O. The summed E-state index contributed by atoms with van der Waals surface area (Å²) < 4.78 is 86.7. The van der Waals surface area contributed by atoms with Crippen molar-refractivity contribution in [3.63, 3.8) is 0 Å². The lowest BCUT2D eigenvalue weighted by Gasteiger charge is -2.29. The third kappa shape index (κ3) is 8.24. The topological polar surface area (TPSA) is 19.6 Å². The second-order valence-corrected chi connectivity index (χ2v) is 16.7. The van der Waals surface area contributed by atoms with Crippen LogP contribution in [0.5, 0.6) is 0 Å². The zero-order chi connectivity index (χ0) is 53.8. The lowest BCUT2D eigenvalue weighted by atomic mass is 9.99. The average Bonchev–Trinajstić information content (AvgIpc) is 4.03. The molecule has 12 aromatic rings. The minimum absolute atomic E-state index is 0.0797. The normalized spacial score (nSPS) is 13.0. The van der Waals surface area contributed by atoms with E-state index in [1.807, 2.05) is 127 Å². The molecule has 0 radical (unpaired) electrons. The van der Waals surface area contributed by atoms with Gasteiger partial charge in [0.2, 0.25) is 0 Å². The summed E-state index contributed by atoms with van der Waals surface area (Å²) in [5.74, 6) is 0. The minimum Gasteiger partial charge on any atom is -0.456 e. The van der Waals surface area contributed by atoms with Crippen LogP contribution in [0.4, 0.5) is 34.1 Å². The van der Waals surface area contributed by atoms with Gasteiger partial charge < -0.3 is 14.2 Å². The number of fused-ring (bicyclic) bond motifs is 3. The van der Waals surface area contributed by atoms with E-state index in [1.165, 1.54) is 0 Å². The van der Waals surface area contributed by atoms with Crippen LogP contribution in [-0.2, 0) is 0 Å². The van der Waals surface area contributed by atoms with Crippen molar-refractivity contribution in [3.05, 3.63) is 279 Å². The van der Waals surface area contributed by atoms with Crippen LogP contribution in [0.15, 0.2) is 283 Å². The highest BCUT2D eigenvalue weighted by Crippen LogP contribution is 2.44. The van der Waals surface area contributed by atoms with Crippen molar-refractivity contribution < 1.29 is 16.8 Å².